The number of carbonyl (C=O) groups excluding carboxylic acids is 2. The second-order valence-corrected chi connectivity index (χ2v) is 6.97. The van der Waals surface area contributed by atoms with Crippen LogP contribution in [0.25, 0.3) is 5.65 Å². The number of hydrogen-bond acceptors (Lipinski definition) is 6. The van der Waals surface area contributed by atoms with Crippen molar-refractivity contribution in [2.24, 2.45) is 5.92 Å². The molecule has 0 aromatic carbocycles. The van der Waals surface area contributed by atoms with Crippen LogP contribution in [0.15, 0.2) is 10.9 Å². The summed E-state index contributed by atoms with van der Waals surface area (Å²) >= 11 is 0. The molecule has 144 valence electrons. The van der Waals surface area contributed by atoms with Gasteiger partial charge in [0.15, 0.2) is 0 Å². The third-order valence-electron chi connectivity index (χ3n) is 5.24. The molecule has 2 aromatic heterocycles. The van der Waals surface area contributed by atoms with Gasteiger partial charge in [-0.3, -0.25) is 14.4 Å². The summed E-state index contributed by atoms with van der Waals surface area (Å²) in [6.07, 6.45) is 1.54. The maximum Gasteiger partial charge on any atom is 0.325 e. The molecule has 9 heteroatoms. The largest absolute Gasteiger partial charge is 0.468 e. The zero-order valence-corrected chi connectivity index (χ0v) is 15.4. The van der Waals surface area contributed by atoms with Crippen molar-refractivity contribution in [2.75, 3.05) is 26.9 Å². The van der Waals surface area contributed by atoms with E-state index in [0.717, 1.165) is 12.1 Å². The minimum atomic E-state index is -0.488. The molecule has 1 amide bonds. The van der Waals surface area contributed by atoms with Gasteiger partial charge in [-0.2, -0.15) is 9.61 Å². The molecule has 2 aliphatic rings. The lowest BCUT2D eigenvalue weighted by molar-refractivity contribution is -0.141. The number of hydrogen-bond donors (Lipinski definition) is 0. The van der Waals surface area contributed by atoms with Crippen molar-refractivity contribution in [3.63, 3.8) is 0 Å². The highest BCUT2D eigenvalue weighted by atomic mass is 16.5. The summed E-state index contributed by atoms with van der Waals surface area (Å²) in [7, 11) is 1.30. The number of aromatic nitrogens is 3. The molecule has 0 N–H and O–H groups in total. The third kappa shape index (κ3) is 2.91. The molecule has 2 aromatic rings. The van der Waals surface area contributed by atoms with Gasteiger partial charge in [0, 0.05) is 25.1 Å². The first-order chi connectivity index (χ1) is 13.0. The van der Waals surface area contributed by atoms with Gasteiger partial charge in [-0.25, -0.2) is 0 Å². The first-order valence-electron chi connectivity index (χ1n) is 9.11. The van der Waals surface area contributed by atoms with Crippen LogP contribution in [0.1, 0.15) is 35.1 Å². The van der Waals surface area contributed by atoms with E-state index in [1.165, 1.54) is 11.6 Å². The van der Waals surface area contributed by atoms with Crippen molar-refractivity contribution in [1.29, 1.82) is 0 Å². The normalized spacial score (nSPS) is 19.1. The number of aryl methyl sites for hydroxylation is 1. The summed E-state index contributed by atoms with van der Waals surface area (Å²) in [5.41, 5.74) is 1.49. The summed E-state index contributed by atoms with van der Waals surface area (Å²) in [5, 5.41) is 4.34. The average molecular weight is 374 g/mol. The fraction of sp³-hybridized carbons (Fsp3) is 0.556. The van der Waals surface area contributed by atoms with Gasteiger partial charge < -0.3 is 18.9 Å². The Morgan fingerprint density at radius 1 is 1.41 bits per heavy atom. The second-order valence-electron chi connectivity index (χ2n) is 6.97. The van der Waals surface area contributed by atoms with Crippen LogP contribution in [0, 0.1) is 5.92 Å². The number of nitrogens with zero attached hydrogens (tertiary/aromatic N) is 4. The Morgan fingerprint density at radius 2 is 2.22 bits per heavy atom. The first-order valence-corrected chi connectivity index (χ1v) is 9.11. The molecule has 2 aliphatic heterocycles. The van der Waals surface area contributed by atoms with Crippen LogP contribution in [0.2, 0.25) is 0 Å². The molecule has 1 fully saturated rings. The molecular weight excluding hydrogens is 352 g/mol. The molecule has 1 unspecified atom stereocenters. The fourth-order valence-corrected chi connectivity index (χ4v) is 3.78. The Labute approximate surface area is 155 Å². The van der Waals surface area contributed by atoms with Crippen molar-refractivity contribution in [3.8, 4) is 0 Å². The molecule has 0 saturated carbocycles. The minimum absolute atomic E-state index is 0.149. The number of ether oxygens (including phenoxy) is 2. The van der Waals surface area contributed by atoms with Gasteiger partial charge in [0.05, 0.1) is 31.5 Å². The van der Waals surface area contributed by atoms with Gasteiger partial charge >= 0.3 is 5.97 Å². The molecular formula is C18H22N4O5. The van der Waals surface area contributed by atoms with E-state index in [2.05, 4.69) is 5.10 Å². The lowest BCUT2D eigenvalue weighted by Gasteiger charge is -2.19. The van der Waals surface area contributed by atoms with Crippen LogP contribution in [0.4, 0.5) is 0 Å². The fourth-order valence-electron chi connectivity index (χ4n) is 3.78. The highest BCUT2D eigenvalue weighted by molar-refractivity contribution is 5.97. The van der Waals surface area contributed by atoms with Gasteiger partial charge in [0.1, 0.15) is 17.9 Å². The zero-order chi connectivity index (χ0) is 19.1. The number of amides is 1. The molecule has 0 bridgehead atoms. The van der Waals surface area contributed by atoms with Crippen LogP contribution in [0.5, 0.6) is 0 Å². The van der Waals surface area contributed by atoms with E-state index in [0.29, 0.717) is 37.4 Å². The van der Waals surface area contributed by atoms with Gasteiger partial charge in [-0.15, -0.1) is 0 Å². The molecule has 27 heavy (non-hydrogen) atoms. The van der Waals surface area contributed by atoms with Crippen LogP contribution < -0.4 is 5.56 Å². The van der Waals surface area contributed by atoms with Crippen molar-refractivity contribution in [1.82, 2.24) is 19.1 Å². The smallest absolute Gasteiger partial charge is 0.325 e. The number of fused-ring (bicyclic) bond motifs is 2. The SMILES string of the molecule is CCc1cc2n(CC(=O)OC)c3c(c(=O)n2n1)CN(CC1CCOC1)C3=O. The predicted molar refractivity (Wildman–Crippen MR) is 94.5 cm³/mol. The van der Waals surface area contributed by atoms with E-state index >= 15 is 0 Å². The van der Waals surface area contributed by atoms with Crippen molar-refractivity contribution in [2.45, 2.75) is 32.9 Å². The molecule has 1 atom stereocenters. The predicted octanol–water partition coefficient (Wildman–Crippen LogP) is 0.224. The minimum Gasteiger partial charge on any atom is -0.468 e. The van der Waals surface area contributed by atoms with E-state index in [4.69, 9.17) is 9.47 Å². The van der Waals surface area contributed by atoms with Crippen LogP contribution in [-0.4, -0.2) is 57.8 Å². The number of methoxy groups -OCH3 is 1. The Hall–Kier alpha value is -2.68. The highest BCUT2D eigenvalue weighted by Gasteiger charge is 2.36. The van der Waals surface area contributed by atoms with Crippen LogP contribution in [-0.2, 0) is 33.8 Å². The molecule has 4 heterocycles. The highest BCUT2D eigenvalue weighted by Crippen LogP contribution is 2.25. The summed E-state index contributed by atoms with van der Waals surface area (Å²) in [6, 6.07) is 1.74. The van der Waals surface area contributed by atoms with Gasteiger partial charge in [0.25, 0.3) is 11.5 Å². The maximum absolute atomic E-state index is 13.1. The second kappa shape index (κ2) is 6.80. The van der Waals surface area contributed by atoms with Gasteiger partial charge in [0.2, 0.25) is 0 Å². The van der Waals surface area contributed by atoms with Crippen molar-refractivity contribution < 1.29 is 19.1 Å². The molecule has 0 radical (unpaired) electrons. The average Bonchev–Trinajstić information content (AvgIpc) is 3.39. The summed E-state index contributed by atoms with van der Waals surface area (Å²) < 4.78 is 13.0. The van der Waals surface area contributed by atoms with Crippen molar-refractivity contribution in [3.05, 3.63) is 33.4 Å². The van der Waals surface area contributed by atoms with Crippen LogP contribution >= 0.6 is 0 Å². The van der Waals surface area contributed by atoms with E-state index in [1.807, 2.05) is 6.92 Å². The Bertz CT molecular complexity index is 970. The van der Waals surface area contributed by atoms with Crippen molar-refractivity contribution >= 4 is 17.5 Å². The standard InChI is InChI=1S/C18H22N4O5/c1-3-12-6-14-21(9-15(23)26-2)16-13(17(24)22(14)19-12)8-20(18(16)25)7-11-4-5-27-10-11/h6,11H,3-5,7-10H2,1-2H3. The van der Waals surface area contributed by atoms with E-state index in [1.54, 1.807) is 15.5 Å². The van der Waals surface area contributed by atoms with Crippen LogP contribution in [0.3, 0.4) is 0 Å². The summed E-state index contributed by atoms with van der Waals surface area (Å²) in [5.74, 6) is -0.458. The van der Waals surface area contributed by atoms with Gasteiger partial charge in [-0.05, 0) is 12.8 Å². The molecule has 0 spiro atoms. The molecule has 1 saturated heterocycles. The lowest BCUT2D eigenvalue weighted by atomic mass is 10.1. The number of carbonyl (C=O) groups is 2. The summed E-state index contributed by atoms with van der Waals surface area (Å²) in [6.45, 7) is 3.86. The summed E-state index contributed by atoms with van der Waals surface area (Å²) in [4.78, 5) is 39.7. The Balaban J connectivity index is 1.82. The van der Waals surface area contributed by atoms with Gasteiger partial charge in [-0.1, -0.05) is 6.92 Å². The zero-order valence-electron chi connectivity index (χ0n) is 15.4. The monoisotopic (exact) mass is 374 g/mol. The van der Waals surface area contributed by atoms with E-state index < -0.39 is 5.97 Å². The quantitative estimate of drug-likeness (QED) is 0.695. The maximum atomic E-state index is 13.1. The number of esters is 1. The Kier molecular flexibility index (Phi) is 4.47. The molecule has 0 aliphatic carbocycles. The lowest BCUT2D eigenvalue weighted by Crippen LogP contribution is -2.31. The van der Waals surface area contributed by atoms with E-state index in [-0.39, 0.29) is 36.2 Å². The third-order valence-corrected chi connectivity index (χ3v) is 5.24. The first kappa shape index (κ1) is 17.7. The molecule has 4 rings (SSSR count). The molecule has 9 nitrogen and oxygen atoms in total. The van der Waals surface area contributed by atoms with E-state index in [9.17, 15) is 14.4 Å². The Morgan fingerprint density at radius 3 is 2.89 bits per heavy atom. The topological polar surface area (TPSA) is 95.1 Å². The number of rotatable bonds is 5.